The third-order valence-corrected chi connectivity index (χ3v) is 8.05. The first-order valence-corrected chi connectivity index (χ1v) is 12.2. The summed E-state index contributed by atoms with van der Waals surface area (Å²) in [4.78, 5) is 0. The van der Waals surface area contributed by atoms with Crippen LogP contribution in [-0.4, -0.2) is 23.3 Å². The molecule has 3 heteroatoms. The van der Waals surface area contributed by atoms with Crippen LogP contribution in [0.3, 0.4) is 0 Å². The molecule has 1 rings (SSSR count). The van der Waals surface area contributed by atoms with Crippen molar-refractivity contribution in [3.8, 4) is 0 Å². The van der Waals surface area contributed by atoms with Gasteiger partial charge in [0.15, 0.2) is 0 Å². The molecule has 0 heterocycles. The highest BCUT2D eigenvalue weighted by Gasteiger charge is 2.28. The number of allylic oxidation sites excluding steroid dienone is 1. The zero-order valence-corrected chi connectivity index (χ0v) is 17.1. The van der Waals surface area contributed by atoms with Crippen molar-refractivity contribution in [2.75, 3.05) is 12.3 Å². The summed E-state index contributed by atoms with van der Waals surface area (Å²) in [5.74, 6) is -0.778. The van der Waals surface area contributed by atoms with E-state index in [2.05, 4.69) is 26.0 Å². The Morgan fingerprint density at radius 2 is 1.48 bits per heavy atom. The highest BCUT2D eigenvalue weighted by molar-refractivity contribution is 7.64. The van der Waals surface area contributed by atoms with Crippen LogP contribution in [0.15, 0.2) is 42.5 Å². The smallest absolute Gasteiger partial charge is 0.125 e. The Balaban J connectivity index is 2.59. The van der Waals surface area contributed by atoms with Gasteiger partial charge in [-0.25, -0.2) is 0 Å². The lowest BCUT2D eigenvalue weighted by Crippen LogP contribution is -2.11. The van der Waals surface area contributed by atoms with Crippen LogP contribution in [0.5, 0.6) is 0 Å². The molecule has 2 nitrogen and oxygen atoms in total. The number of rotatable bonds is 14. The fourth-order valence-corrected chi connectivity index (χ4v) is 5.79. The molecule has 0 saturated carbocycles. The Bertz CT molecular complexity index is 494. The molecule has 0 amide bonds. The topological polar surface area (TPSA) is 37.3 Å². The van der Waals surface area contributed by atoms with E-state index in [1.54, 1.807) is 6.08 Å². The zero-order valence-electron chi connectivity index (χ0n) is 16.2. The molecule has 0 aliphatic carbocycles. The molecule has 1 N–H and O–H groups in total. The number of unbranched alkanes of at least 4 members (excludes halogenated alkanes) is 6. The van der Waals surface area contributed by atoms with E-state index in [-0.39, 0.29) is 0 Å². The number of aliphatic hydroxyl groups is 1. The van der Waals surface area contributed by atoms with E-state index < -0.39 is 13.0 Å². The first-order valence-electron chi connectivity index (χ1n) is 10.1. The second-order valence-electron chi connectivity index (χ2n) is 7.05. The van der Waals surface area contributed by atoms with Crippen molar-refractivity contribution < 1.29 is 9.67 Å². The second-order valence-corrected chi connectivity index (χ2v) is 10.4. The molecule has 0 bridgehead atoms. The Morgan fingerprint density at radius 1 is 0.920 bits per heavy atom. The normalized spacial score (nSPS) is 13.4. The maximum Gasteiger partial charge on any atom is 0.125 e. The molecule has 0 aliphatic heterocycles. The standard InChI is InChI=1S/C22H37O2P/c1-3-5-7-12-19-25(24,20-13-8-6-4-2)22(23)18-14-17-21-15-10-9-11-16-21/h9-11,14-16,18,22-23H,3-8,12-13,17,19-20H2,1-2H3/b18-14+. The van der Waals surface area contributed by atoms with Crippen molar-refractivity contribution in [2.45, 2.75) is 77.5 Å². The van der Waals surface area contributed by atoms with E-state index in [1.807, 2.05) is 24.3 Å². The Morgan fingerprint density at radius 3 is 2.00 bits per heavy atom. The molecule has 1 aromatic carbocycles. The summed E-state index contributed by atoms with van der Waals surface area (Å²) < 4.78 is 13.4. The summed E-state index contributed by atoms with van der Waals surface area (Å²) in [5, 5.41) is 10.6. The molecule has 1 atom stereocenters. The monoisotopic (exact) mass is 364 g/mol. The summed E-state index contributed by atoms with van der Waals surface area (Å²) in [6.07, 6.45) is 14.9. The zero-order chi connectivity index (χ0) is 18.4. The molecular weight excluding hydrogens is 327 g/mol. The summed E-state index contributed by atoms with van der Waals surface area (Å²) >= 11 is 0. The quantitative estimate of drug-likeness (QED) is 0.229. The molecular formula is C22H37O2P. The lowest BCUT2D eigenvalue weighted by Gasteiger charge is -2.22. The Labute approximate surface area is 155 Å². The van der Waals surface area contributed by atoms with E-state index in [4.69, 9.17) is 0 Å². The minimum Gasteiger partial charge on any atom is -0.381 e. The molecule has 0 radical (unpaired) electrons. The molecule has 0 spiro atoms. The van der Waals surface area contributed by atoms with Gasteiger partial charge in [-0.15, -0.1) is 0 Å². The van der Waals surface area contributed by atoms with Crippen molar-refractivity contribution in [1.29, 1.82) is 0 Å². The third-order valence-electron chi connectivity index (χ3n) is 4.77. The number of benzene rings is 1. The summed E-state index contributed by atoms with van der Waals surface area (Å²) in [6.45, 7) is 4.37. The maximum atomic E-state index is 13.4. The average molecular weight is 365 g/mol. The second kappa shape index (κ2) is 13.4. The first-order chi connectivity index (χ1) is 12.1. The van der Waals surface area contributed by atoms with Crippen LogP contribution < -0.4 is 0 Å². The fourth-order valence-electron chi connectivity index (χ4n) is 3.09. The Hall–Kier alpha value is -0.850. The number of hydrogen-bond acceptors (Lipinski definition) is 2. The van der Waals surface area contributed by atoms with E-state index in [9.17, 15) is 9.67 Å². The van der Waals surface area contributed by atoms with E-state index >= 15 is 0 Å². The minimum atomic E-state index is -2.54. The van der Waals surface area contributed by atoms with Crippen molar-refractivity contribution in [1.82, 2.24) is 0 Å². The third kappa shape index (κ3) is 9.42. The van der Waals surface area contributed by atoms with Crippen molar-refractivity contribution >= 4 is 7.14 Å². The van der Waals surface area contributed by atoms with Crippen LogP contribution in [0.25, 0.3) is 0 Å². The van der Waals surface area contributed by atoms with Gasteiger partial charge in [0, 0.05) is 12.3 Å². The van der Waals surface area contributed by atoms with Gasteiger partial charge in [-0.05, 0) is 24.8 Å². The fraction of sp³-hybridized carbons (Fsp3) is 0.636. The van der Waals surface area contributed by atoms with Crippen molar-refractivity contribution in [2.24, 2.45) is 0 Å². The molecule has 25 heavy (non-hydrogen) atoms. The van der Waals surface area contributed by atoms with Crippen LogP contribution >= 0.6 is 7.14 Å². The highest BCUT2D eigenvalue weighted by atomic mass is 31.2. The number of aliphatic hydroxyl groups excluding tert-OH is 1. The highest BCUT2D eigenvalue weighted by Crippen LogP contribution is 2.52. The SMILES string of the molecule is CCCCCCP(=O)(CCCCCC)C(O)/C=C/Cc1ccccc1. The van der Waals surface area contributed by atoms with Gasteiger partial charge in [0.1, 0.15) is 13.0 Å². The van der Waals surface area contributed by atoms with Crippen LogP contribution in [0.1, 0.15) is 70.8 Å². The van der Waals surface area contributed by atoms with Crippen LogP contribution in [-0.2, 0) is 11.0 Å². The van der Waals surface area contributed by atoms with Gasteiger partial charge >= 0.3 is 0 Å². The van der Waals surface area contributed by atoms with Crippen LogP contribution in [0.2, 0.25) is 0 Å². The summed E-state index contributed by atoms with van der Waals surface area (Å²) in [7, 11) is -2.54. The van der Waals surface area contributed by atoms with Gasteiger partial charge in [-0.3, -0.25) is 0 Å². The lowest BCUT2D eigenvalue weighted by atomic mass is 10.1. The van der Waals surface area contributed by atoms with Gasteiger partial charge in [0.05, 0.1) is 0 Å². The van der Waals surface area contributed by atoms with Gasteiger partial charge < -0.3 is 9.67 Å². The molecule has 0 saturated heterocycles. The molecule has 1 unspecified atom stereocenters. The molecule has 0 fully saturated rings. The largest absolute Gasteiger partial charge is 0.381 e. The average Bonchev–Trinajstić information content (AvgIpc) is 2.63. The van der Waals surface area contributed by atoms with Gasteiger partial charge in [0.25, 0.3) is 0 Å². The molecule has 0 aliphatic rings. The predicted molar refractivity (Wildman–Crippen MR) is 111 cm³/mol. The lowest BCUT2D eigenvalue weighted by molar-refractivity contribution is 0.291. The van der Waals surface area contributed by atoms with Crippen molar-refractivity contribution in [3.63, 3.8) is 0 Å². The maximum absolute atomic E-state index is 13.4. The van der Waals surface area contributed by atoms with Gasteiger partial charge in [-0.2, -0.15) is 0 Å². The van der Waals surface area contributed by atoms with E-state index in [1.165, 1.54) is 31.2 Å². The molecule has 142 valence electrons. The van der Waals surface area contributed by atoms with Gasteiger partial charge in [-0.1, -0.05) is 94.9 Å². The summed E-state index contributed by atoms with van der Waals surface area (Å²) in [5.41, 5.74) is 1.21. The van der Waals surface area contributed by atoms with Crippen LogP contribution in [0, 0.1) is 0 Å². The minimum absolute atomic E-state index is 0.690. The van der Waals surface area contributed by atoms with Gasteiger partial charge in [0.2, 0.25) is 0 Å². The number of hydrogen-bond donors (Lipinski definition) is 1. The first kappa shape index (κ1) is 22.2. The van der Waals surface area contributed by atoms with E-state index in [0.29, 0.717) is 12.3 Å². The van der Waals surface area contributed by atoms with Crippen molar-refractivity contribution in [3.05, 3.63) is 48.0 Å². The predicted octanol–water partition coefficient (Wildman–Crippen LogP) is 6.63. The van der Waals surface area contributed by atoms with Crippen LogP contribution in [0.4, 0.5) is 0 Å². The molecule has 0 aromatic heterocycles. The van der Waals surface area contributed by atoms with E-state index in [0.717, 1.165) is 32.1 Å². The summed E-state index contributed by atoms with van der Waals surface area (Å²) in [6, 6.07) is 10.2. The molecule has 1 aromatic rings. The Kier molecular flexibility index (Phi) is 11.9.